The molecule has 1 unspecified atom stereocenters. The molecule has 7 nitrogen and oxygen atoms in total. The van der Waals surface area contributed by atoms with E-state index in [4.69, 9.17) is 5.84 Å². The first-order chi connectivity index (χ1) is 10.2. The number of nitrogens with zero attached hydrogens (tertiary/aromatic N) is 2. The molecular formula is C14H22N4O3. The number of hydrogen-bond acceptors (Lipinski definition) is 6. The van der Waals surface area contributed by atoms with Crippen LogP contribution in [0.2, 0.25) is 0 Å². The quantitative estimate of drug-likeness (QED) is 0.433. The maximum absolute atomic E-state index is 10.9. The standard InChI is InChI=1S/C14H22N4O3/c15-16-14-6-5-12(18(20)21)8-11(14)9-17-7-3-1-2-4-13(17)10-19/h5-6,8,13,16,19H,1-4,7,9-10,15H2. The van der Waals surface area contributed by atoms with Crippen molar-refractivity contribution in [1.29, 1.82) is 0 Å². The van der Waals surface area contributed by atoms with Crippen molar-refractivity contribution in [2.24, 2.45) is 5.84 Å². The molecule has 0 spiro atoms. The van der Waals surface area contributed by atoms with Crippen LogP contribution in [-0.2, 0) is 6.54 Å². The van der Waals surface area contributed by atoms with Gasteiger partial charge in [0.05, 0.1) is 17.2 Å². The topological polar surface area (TPSA) is 105 Å². The van der Waals surface area contributed by atoms with Crippen LogP contribution in [0.1, 0.15) is 31.2 Å². The molecule has 0 amide bonds. The molecule has 1 atom stereocenters. The molecule has 0 aromatic heterocycles. The molecule has 1 heterocycles. The van der Waals surface area contributed by atoms with Gasteiger partial charge in [0, 0.05) is 24.7 Å². The predicted octanol–water partition coefficient (Wildman–Crippen LogP) is 1.62. The summed E-state index contributed by atoms with van der Waals surface area (Å²) in [5.74, 6) is 5.49. The number of benzene rings is 1. The number of nitrogens with one attached hydrogen (secondary N) is 1. The van der Waals surface area contributed by atoms with Crippen LogP contribution in [0.3, 0.4) is 0 Å². The van der Waals surface area contributed by atoms with Crippen LogP contribution in [0.25, 0.3) is 0 Å². The normalized spacial score (nSPS) is 20.0. The second-order valence-corrected chi connectivity index (χ2v) is 5.40. The molecule has 0 saturated carbocycles. The smallest absolute Gasteiger partial charge is 0.269 e. The SMILES string of the molecule is NNc1ccc([N+](=O)[O-])cc1CN1CCCCCC1CO. The molecular weight excluding hydrogens is 272 g/mol. The zero-order valence-electron chi connectivity index (χ0n) is 12.0. The summed E-state index contributed by atoms with van der Waals surface area (Å²) in [4.78, 5) is 12.7. The zero-order valence-corrected chi connectivity index (χ0v) is 12.0. The minimum Gasteiger partial charge on any atom is -0.395 e. The molecule has 1 fully saturated rings. The van der Waals surface area contributed by atoms with Crippen molar-refractivity contribution in [1.82, 2.24) is 4.90 Å². The van der Waals surface area contributed by atoms with Crippen molar-refractivity contribution in [3.8, 4) is 0 Å². The van der Waals surface area contributed by atoms with E-state index >= 15 is 0 Å². The Bertz CT molecular complexity index is 495. The number of hydrazine groups is 1. The molecule has 1 aliphatic rings. The van der Waals surface area contributed by atoms with Gasteiger partial charge >= 0.3 is 0 Å². The molecule has 0 aliphatic carbocycles. The number of likely N-dealkylation sites (tertiary alicyclic amines) is 1. The van der Waals surface area contributed by atoms with E-state index in [0.717, 1.165) is 37.8 Å². The summed E-state index contributed by atoms with van der Waals surface area (Å²) in [5, 5.41) is 20.5. The van der Waals surface area contributed by atoms with Crippen LogP contribution in [0.5, 0.6) is 0 Å². The van der Waals surface area contributed by atoms with Crippen molar-refractivity contribution < 1.29 is 10.0 Å². The average Bonchev–Trinajstić information content (AvgIpc) is 2.72. The van der Waals surface area contributed by atoms with Gasteiger partial charge in [0.2, 0.25) is 0 Å². The Morgan fingerprint density at radius 1 is 1.43 bits per heavy atom. The Morgan fingerprint density at radius 2 is 2.24 bits per heavy atom. The number of aliphatic hydroxyl groups excluding tert-OH is 1. The van der Waals surface area contributed by atoms with E-state index in [2.05, 4.69) is 10.3 Å². The maximum Gasteiger partial charge on any atom is 0.269 e. The Hall–Kier alpha value is -1.70. The van der Waals surface area contributed by atoms with Gasteiger partial charge in [-0.3, -0.25) is 20.9 Å². The molecule has 1 aromatic rings. The third kappa shape index (κ3) is 3.90. The van der Waals surface area contributed by atoms with Crippen molar-refractivity contribution >= 4 is 11.4 Å². The van der Waals surface area contributed by atoms with Gasteiger partial charge in [0.25, 0.3) is 5.69 Å². The number of nitro groups is 1. The molecule has 1 aliphatic heterocycles. The lowest BCUT2D eigenvalue weighted by Crippen LogP contribution is -2.37. The van der Waals surface area contributed by atoms with E-state index in [9.17, 15) is 15.2 Å². The first kappa shape index (κ1) is 15.7. The monoisotopic (exact) mass is 294 g/mol. The summed E-state index contributed by atoms with van der Waals surface area (Å²) in [6.07, 6.45) is 4.30. The number of rotatable bonds is 5. The molecule has 2 rings (SSSR count). The third-order valence-electron chi connectivity index (χ3n) is 4.04. The Labute approximate surface area is 123 Å². The molecule has 4 N–H and O–H groups in total. The number of nitrogen functional groups attached to an aromatic ring is 1. The van der Waals surface area contributed by atoms with Crippen LogP contribution >= 0.6 is 0 Å². The van der Waals surface area contributed by atoms with Crippen molar-refractivity contribution in [2.45, 2.75) is 38.3 Å². The average molecular weight is 294 g/mol. The van der Waals surface area contributed by atoms with E-state index in [1.165, 1.54) is 6.07 Å². The first-order valence-corrected chi connectivity index (χ1v) is 7.24. The molecule has 0 radical (unpaired) electrons. The lowest BCUT2D eigenvalue weighted by Gasteiger charge is -2.29. The number of hydrogen-bond donors (Lipinski definition) is 3. The van der Waals surface area contributed by atoms with Gasteiger partial charge < -0.3 is 10.5 Å². The van der Waals surface area contributed by atoms with E-state index in [-0.39, 0.29) is 18.3 Å². The summed E-state index contributed by atoms with van der Waals surface area (Å²) >= 11 is 0. The fraction of sp³-hybridized carbons (Fsp3) is 0.571. The summed E-state index contributed by atoms with van der Waals surface area (Å²) in [7, 11) is 0. The van der Waals surface area contributed by atoms with Gasteiger partial charge in [-0.25, -0.2) is 0 Å². The predicted molar refractivity (Wildman–Crippen MR) is 80.7 cm³/mol. The van der Waals surface area contributed by atoms with Crippen molar-refractivity contribution in [2.75, 3.05) is 18.6 Å². The minimum absolute atomic E-state index is 0.0550. The Kier molecular flexibility index (Phi) is 5.49. The van der Waals surface area contributed by atoms with Crippen LogP contribution in [0.15, 0.2) is 18.2 Å². The fourth-order valence-corrected chi connectivity index (χ4v) is 2.84. The van der Waals surface area contributed by atoms with Gasteiger partial charge in [-0.15, -0.1) is 0 Å². The van der Waals surface area contributed by atoms with Gasteiger partial charge in [0.1, 0.15) is 0 Å². The highest BCUT2D eigenvalue weighted by atomic mass is 16.6. The third-order valence-corrected chi connectivity index (χ3v) is 4.04. The lowest BCUT2D eigenvalue weighted by atomic mass is 10.1. The van der Waals surface area contributed by atoms with E-state index in [1.807, 2.05) is 0 Å². The van der Waals surface area contributed by atoms with Crippen molar-refractivity contribution in [3.63, 3.8) is 0 Å². The summed E-state index contributed by atoms with van der Waals surface area (Å²) in [6, 6.07) is 4.72. The zero-order chi connectivity index (χ0) is 15.2. The number of anilines is 1. The summed E-state index contributed by atoms with van der Waals surface area (Å²) in [6.45, 7) is 1.55. The van der Waals surface area contributed by atoms with Crippen LogP contribution in [0.4, 0.5) is 11.4 Å². The van der Waals surface area contributed by atoms with Crippen LogP contribution < -0.4 is 11.3 Å². The largest absolute Gasteiger partial charge is 0.395 e. The number of aliphatic hydroxyl groups is 1. The molecule has 116 valence electrons. The second-order valence-electron chi connectivity index (χ2n) is 5.40. The first-order valence-electron chi connectivity index (χ1n) is 7.24. The molecule has 1 aromatic carbocycles. The van der Waals surface area contributed by atoms with Crippen LogP contribution in [0, 0.1) is 10.1 Å². The Morgan fingerprint density at radius 3 is 2.90 bits per heavy atom. The van der Waals surface area contributed by atoms with Gasteiger partial charge in [-0.05, 0) is 31.0 Å². The van der Waals surface area contributed by atoms with Crippen molar-refractivity contribution in [3.05, 3.63) is 33.9 Å². The van der Waals surface area contributed by atoms with Gasteiger partial charge in [-0.2, -0.15) is 0 Å². The fourth-order valence-electron chi connectivity index (χ4n) is 2.84. The van der Waals surface area contributed by atoms with E-state index < -0.39 is 4.92 Å². The highest BCUT2D eigenvalue weighted by Gasteiger charge is 2.22. The van der Waals surface area contributed by atoms with Gasteiger partial charge in [0.15, 0.2) is 0 Å². The highest BCUT2D eigenvalue weighted by molar-refractivity contribution is 5.55. The van der Waals surface area contributed by atoms with E-state index in [0.29, 0.717) is 12.2 Å². The maximum atomic E-state index is 10.9. The number of nitro benzene ring substituents is 1. The molecule has 7 heteroatoms. The van der Waals surface area contributed by atoms with Gasteiger partial charge in [-0.1, -0.05) is 12.8 Å². The molecule has 21 heavy (non-hydrogen) atoms. The van der Waals surface area contributed by atoms with Crippen LogP contribution in [-0.4, -0.2) is 34.1 Å². The summed E-state index contributed by atoms with van der Waals surface area (Å²) < 4.78 is 0. The number of non-ortho nitro benzene ring substituents is 1. The minimum atomic E-state index is -0.407. The second kappa shape index (κ2) is 7.35. The lowest BCUT2D eigenvalue weighted by molar-refractivity contribution is -0.384. The number of nitrogens with two attached hydrogens (primary N) is 1. The highest BCUT2D eigenvalue weighted by Crippen LogP contribution is 2.25. The molecule has 0 bridgehead atoms. The Balaban J connectivity index is 2.23. The van der Waals surface area contributed by atoms with E-state index in [1.54, 1.807) is 12.1 Å². The molecule has 1 saturated heterocycles. The summed E-state index contributed by atoms with van der Waals surface area (Å²) in [5.41, 5.74) is 4.11.